The number of benzene rings is 1. The fourth-order valence-corrected chi connectivity index (χ4v) is 2.01. The van der Waals surface area contributed by atoms with Crippen LogP contribution in [-0.4, -0.2) is 42.4 Å². The number of nitro groups is 1. The van der Waals surface area contributed by atoms with Crippen molar-refractivity contribution in [2.24, 2.45) is 0 Å². The van der Waals surface area contributed by atoms with E-state index in [4.69, 9.17) is 0 Å². The number of anilines is 1. The van der Waals surface area contributed by atoms with Crippen LogP contribution in [0.1, 0.15) is 20.8 Å². The van der Waals surface area contributed by atoms with Crippen LogP contribution in [0.3, 0.4) is 0 Å². The third kappa shape index (κ3) is 6.88. The van der Waals surface area contributed by atoms with Crippen LogP contribution in [-0.2, 0) is 9.59 Å². The second-order valence-corrected chi connectivity index (χ2v) is 6.43. The van der Waals surface area contributed by atoms with E-state index in [1.807, 2.05) is 20.8 Å². The van der Waals surface area contributed by atoms with Crippen molar-refractivity contribution in [2.45, 2.75) is 26.3 Å². The van der Waals surface area contributed by atoms with E-state index in [1.54, 1.807) is 13.1 Å². The lowest BCUT2D eigenvalue weighted by Gasteiger charge is -2.21. The van der Waals surface area contributed by atoms with Gasteiger partial charge >= 0.3 is 0 Å². The summed E-state index contributed by atoms with van der Waals surface area (Å²) in [6.07, 6.45) is 0. The number of likely N-dealkylation sites (N-methyl/N-ethyl adjacent to an activating group) is 1. The van der Waals surface area contributed by atoms with Crippen LogP contribution in [0.15, 0.2) is 24.3 Å². The second kappa shape index (κ2) is 7.68. The third-order valence-corrected chi connectivity index (χ3v) is 2.81. The Hall–Kier alpha value is -2.48. The molecular weight excluding hydrogens is 300 g/mol. The van der Waals surface area contributed by atoms with Crippen molar-refractivity contribution >= 4 is 23.2 Å². The van der Waals surface area contributed by atoms with Gasteiger partial charge in [0.15, 0.2) is 13.1 Å². The number of carbonyl (C=O) groups excluding carboxylic acids is 2. The highest BCUT2D eigenvalue weighted by Gasteiger charge is 2.20. The zero-order valence-corrected chi connectivity index (χ0v) is 13.8. The lowest BCUT2D eigenvalue weighted by atomic mass is 10.1. The highest BCUT2D eigenvalue weighted by molar-refractivity contribution is 5.93. The number of rotatable bonds is 6. The Morgan fingerprint density at radius 1 is 1.17 bits per heavy atom. The Kier molecular flexibility index (Phi) is 6.20. The number of nitrogens with zero attached hydrogens (tertiary/aromatic N) is 1. The van der Waals surface area contributed by atoms with Gasteiger partial charge in [0.1, 0.15) is 5.69 Å². The fraction of sp³-hybridized carbons (Fsp3) is 0.467. The van der Waals surface area contributed by atoms with Crippen molar-refractivity contribution < 1.29 is 19.4 Å². The van der Waals surface area contributed by atoms with Gasteiger partial charge in [-0.15, -0.1) is 0 Å². The number of quaternary nitrogens is 1. The van der Waals surface area contributed by atoms with Gasteiger partial charge in [0, 0.05) is 11.6 Å². The fourth-order valence-electron chi connectivity index (χ4n) is 2.01. The number of amides is 2. The van der Waals surface area contributed by atoms with Crippen molar-refractivity contribution in [3.05, 3.63) is 34.4 Å². The quantitative estimate of drug-likeness (QED) is 0.504. The van der Waals surface area contributed by atoms with Gasteiger partial charge in [0.2, 0.25) is 0 Å². The number of para-hydroxylation sites is 2. The molecule has 0 fully saturated rings. The van der Waals surface area contributed by atoms with Crippen molar-refractivity contribution in [3.8, 4) is 0 Å². The smallest absolute Gasteiger partial charge is 0.292 e. The Morgan fingerprint density at radius 3 is 2.30 bits per heavy atom. The summed E-state index contributed by atoms with van der Waals surface area (Å²) in [5.74, 6) is -0.547. The number of nitro benzene ring substituents is 1. The molecule has 23 heavy (non-hydrogen) atoms. The molecule has 0 radical (unpaired) electrons. The third-order valence-electron chi connectivity index (χ3n) is 2.81. The minimum atomic E-state index is -0.553. The summed E-state index contributed by atoms with van der Waals surface area (Å²) >= 11 is 0. The van der Waals surface area contributed by atoms with Crippen LogP contribution in [0, 0.1) is 10.1 Å². The maximum absolute atomic E-state index is 12.0. The molecule has 1 unspecified atom stereocenters. The van der Waals surface area contributed by atoms with Gasteiger partial charge in [0.05, 0.1) is 12.0 Å². The minimum Gasteiger partial charge on any atom is -0.347 e. The van der Waals surface area contributed by atoms with Crippen LogP contribution in [0.2, 0.25) is 0 Å². The lowest BCUT2D eigenvalue weighted by Crippen LogP contribution is -3.11. The molecule has 1 rings (SSSR count). The standard InChI is InChI=1S/C15H22N4O4/c1-15(2,3)17-14(21)10-18(4)9-13(20)16-11-7-5-6-8-12(11)19(22)23/h5-8H,9-10H2,1-4H3,(H,16,20)(H,17,21)/p+1. The molecular formula is C15H23N4O4+. The van der Waals surface area contributed by atoms with Gasteiger partial charge in [0.25, 0.3) is 17.5 Å². The molecule has 8 heteroatoms. The molecule has 0 aliphatic heterocycles. The van der Waals surface area contributed by atoms with E-state index in [9.17, 15) is 19.7 Å². The summed E-state index contributed by atoms with van der Waals surface area (Å²) in [5, 5.41) is 16.2. The molecule has 126 valence electrons. The SMILES string of the molecule is C[NH+](CC(=O)Nc1ccccc1[N+](=O)[O-])CC(=O)NC(C)(C)C. The first kappa shape index (κ1) is 18.6. The zero-order chi connectivity index (χ0) is 17.6. The molecule has 1 aromatic carbocycles. The van der Waals surface area contributed by atoms with Gasteiger partial charge in [-0.25, -0.2) is 0 Å². The summed E-state index contributed by atoms with van der Waals surface area (Å²) in [5.41, 5.74) is -0.344. The van der Waals surface area contributed by atoms with Crippen LogP contribution < -0.4 is 15.5 Å². The Balaban J connectivity index is 2.57. The van der Waals surface area contributed by atoms with Gasteiger partial charge in [-0.2, -0.15) is 0 Å². The molecule has 2 amide bonds. The predicted molar refractivity (Wildman–Crippen MR) is 86.2 cm³/mol. The number of hydrogen-bond donors (Lipinski definition) is 3. The van der Waals surface area contributed by atoms with E-state index in [2.05, 4.69) is 10.6 Å². The summed E-state index contributed by atoms with van der Waals surface area (Å²) in [4.78, 5) is 34.8. The van der Waals surface area contributed by atoms with Crippen molar-refractivity contribution in [1.82, 2.24) is 5.32 Å². The average Bonchev–Trinajstić information content (AvgIpc) is 2.35. The molecule has 3 N–H and O–H groups in total. The van der Waals surface area contributed by atoms with E-state index >= 15 is 0 Å². The molecule has 8 nitrogen and oxygen atoms in total. The lowest BCUT2D eigenvalue weighted by molar-refractivity contribution is -0.862. The second-order valence-electron chi connectivity index (χ2n) is 6.43. The first-order chi connectivity index (χ1) is 10.6. The van der Waals surface area contributed by atoms with E-state index in [0.717, 1.165) is 0 Å². The van der Waals surface area contributed by atoms with Crippen molar-refractivity contribution in [1.29, 1.82) is 0 Å². The molecule has 0 heterocycles. The highest BCUT2D eigenvalue weighted by Crippen LogP contribution is 2.22. The molecule has 0 spiro atoms. The first-order valence-electron chi connectivity index (χ1n) is 7.24. The number of carbonyl (C=O) groups is 2. The largest absolute Gasteiger partial charge is 0.347 e. The summed E-state index contributed by atoms with van der Waals surface area (Å²) in [7, 11) is 1.71. The normalized spacial score (nSPS) is 12.3. The molecule has 0 aliphatic rings. The van der Waals surface area contributed by atoms with Crippen LogP contribution in [0.4, 0.5) is 11.4 Å². The topological polar surface area (TPSA) is 106 Å². The molecule has 0 aromatic heterocycles. The van der Waals surface area contributed by atoms with Crippen LogP contribution in [0.25, 0.3) is 0 Å². The minimum absolute atomic E-state index is 0.0314. The zero-order valence-electron chi connectivity index (χ0n) is 13.8. The maximum atomic E-state index is 12.0. The van der Waals surface area contributed by atoms with Crippen molar-refractivity contribution in [3.63, 3.8) is 0 Å². The molecule has 1 atom stereocenters. The van der Waals surface area contributed by atoms with E-state index < -0.39 is 4.92 Å². The summed E-state index contributed by atoms with van der Waals surface area (Å²) in [6, 6.07) is 5.93. The van der Waals surface area contributed by atoms with Crippen molar-refractivity contribution in [2.75, 3.05) is 25.5 Å². The van der Waals surface area contributed by atoms with Crippen LogP contribution in [0.5, 0.6) is 0 Å². The summed E-state index contributed by atoms with van der Waals surface area (Å²) in [6.45, 7) is 5.80. The van der Waals surface area contributed by atoms with Gasteiger partial charge in [-0.05, 0) is 26.8 Å². The Labute approximate surface area is 135 Å². The molecule has 0 aliphatic carbocycles. The molecule has 0 saturated heterocycles. The van der Waals surface area contributed by atoms with E-state index in [0.29, 0.717) is 4.90 Å². The summed E-state index contributed by atoms with van der Waals surface area (Å²) < 4.78 is 0. The maximum Gasteiger partial charge on any atom is 0.292 e. The first-order valence-corrected chi connectivity index (χ1v) is 7.24. The monoisotopic (exact) mass is 323 g/mol. The van der Waals surface area contributed by atoms with Gasteiger partial charge in [-0.3, -0.25) is 19.7 Å². The van der Waals surface area contributed by atoms with E-state index in [-0.39, 0.29) is 41.8 Å². The van der Waals surface area contributed by atoms with Gasteiger partial charge < -0.3 is 15.5 Å². The molecule has 0 bridgehead atoms. The Bertz CT molecular complexity index is 595. The number of hydrogen-bond acceptors (Lipinski definition) is 4. The molecule has 1 aromatic rings. The Morgan fingerprint density at radius 2 is 1.74 bits per heavy atom. The van der Waals surface area contributed by atoms with Gasteiger partial charge in [-0.1, -0.05) is 12.1 Å². The predicted octanol–water partition coefficient (Wildman–Crippen LogP) is -0.0373. The number of nitrogens with one attached hydrogen (secondary N) is 3. The average molecular weight is 323 g/mol. The molecule has 0 saturated carbocycles. The van der Waals surface area contributed by atoms with Crippen LogP contribution >= 0.6 is 0 Å². The van der Waals surface area contributed by atoms with E-state index in [1.165, 1.54) is 18.2 Å². The highest BCUT2D eigenvalue weighted by atomic mass is 16.6.